The average Bonchev–Trinajstić information content (AvgIpc) is 2.47. The van der Waals surface area contributed by atoms with Gasteiger partial charge in [-0.05, 0) is 19.1 Å². The topological polar surface area (TPSA) is 24.9 Å². The number of hydrogen-bond donors (Lipinski definition) is 1. The average molecular weight is 262 g/mol. The Morgan fingerprint density at radius 2 is 1.79 bits per heavy atom. The third-order valence-corrected chi connectivity index (χ3v) is 2.96. The molecule has 0 bridgehead atoms. The van der Waals surface area contributed by atoms with Gasteiger partial charge in [0.1, 0.15) is 0 Å². The van der Waals surface area contributed by atoms with E-state index in [1.807, 2.05) is 19.1 Å². The van der Waals surface area contributed by atoms with E-state index in [9.17, 15) is 8.78 Å². The van der Waals surface area contributed by atoms with Crippen molar-refractivity contribution in [2.24, 2.45) is 0 Å². The van der Waals surface area contributed by atoms with Gasteiger partial charge in [0.2, 0.25) is 0 Å². The number of alkyl halides is 2. The van der Waals surface area contributed by atoms with Crippen molar-refractivity contribution in [3.05, 3.63) is 66.0 Å². The molecule has 0 aliphatic heterocycles. The predicted molar refractivity (Wildman–Crippen MR) is 71.0 cm³/mol. The number of aromatic nitrogens is 1. The highest BCUT2D eigenvalue weighted by molar-refractivity contribution is 5.20. The van der Waals surface area contributed by atoms with Crippen LogP contribution in [0.1, 0.15) is 24.2 Å². The molecular formula is C15H16F2N2. The van der Waals surface area contributed by atoms with E-state index in [1.54, 1.807) is 30.5 Å². The second-order valence-electron chi connectivity index (χ2n) is 4.43. The lowest BCUT2D eigenvalue weighted by Gasteiger charge is -2.20. The summed E-state index contributed by atoms with van der Waals surface area (Å²) in [7, 11) is 0. The largest absolute Gasteiger partial charge is 0.303 e. The van der Waals surface area contributed by atoms with Crippen LogP contribution in [0.25, 0.3) is 0 Å². The first-order chi connectivity index (χ1) is 9.09. The molecule has 0 fully saturated rings. The molecule has 1 aromatic heterocycles. The molecule has 0 amide bonds. The van der Waals surface area contributed by atoms with Gasteiger partial charge in [-0.25, -0.2) is 0 Å². The van der Waals surface area contributed by atoms with Gasteiger partial charge in [0.25, 0.3) is 5.92 Å². The molecule has 0 spiro atoms. The summed E-state index contributed by atoms with van der Waals surface area (Å²) in [6, 6.07) is 13.1. The molecule has 1 aromatic carbocycles. The van der Waals surface area contributed by atoms with Crippen LogP contribution in [0.5, 0.6) is 0 Å². The van der Waals surface area contributed by atoms with E-state index in [0.29, 0.717) is 0 Å². The Morgan fingerprint density at radius 3 is 2.42 bits per heavy atom. The van der Waals surface area contributed by atoms with Crippen LogP contribution in [-0.2, 0) is 5.92 Å². The van der Waals surface area contributed by atoms with Gasteiger partial charge in [-0.15, -0.1) is 0 Å². The Labute approximate surface area is 111 Å². The molecule has 2 nitrogen and oxygen atoms in total. The standard InChI is InChI=1S/C15H16F2N2/c1-12(14-9-5-6-10-18-14)19-11-15(16,17)13-7-3-2-4-8-13/h2-10,12,19H,11H2,1H3/t12-/m1/s1. The zero-order valence-electron chi connectivity index (χ0n) is 10.7. The molecular weight excluding hydrogens is 246 g/mol. The van der Waals surface area contributed by atoms with Crippen molar-refractivity contribution in [3.63, 3.8) is 0 Å². The first-order valence-electron chi connectivity index (χ1n) is 6.17. The lowest BCUT2D eigenvalue weighted by molar-refractivity contribution is -0.00543. The van der Waals surface area contributed by atoms with Crippen molar-refractivity contribution < 1.29 is 8.78 Å². The Morgan fingerprint density at radius 1 is 1.11 bits per heavy atom. The number of hydrogen-bond acceptors (Lipinski definition) is 2. The number of nitrogens with one attached hydrogen (secondary N) is 1. The van der Waals surface area contributed by atoms with Gasteiger partial charge in [0, 0.05) is 17.8 Å². The second kappa shape index (κ2) is 5.89. The summed E-state index contributed by atoms with van der Waals surface area (Å²) in [5.41, 5.74) is 0.780. The highest BCUT2D eigenvalue weighted by atomic mass is 19.3. The molecule has 1 N–H and O–H groups in total. The number of benzene rings is 1. The van der Waals surface area contributed by atoms with Crippen LogP contribution in [0.2, 0.25) is 0 Å². The molecule has 0 radical (unpaired) electrons. The summed E-state index contributed by atoms with van der Waals surface area (Å²) in [6.45, 7) is 1.41. The van der Waals surface area contributed by atoms with Crippen LogP contribution in [0.4, 0.5) is 8.78 Å². The van der Waals surface area contributed by atoms with Crippen molar-refractivity contribution in [3.8, 4) is 0 Å². The molecule has 4 heteroatoms. The maximum Gasteiger partial charge on any atom is 0.285 e. The second-order valence-corrected chi connectivity index (χ2v) is 4.43. The first kappa shape index (κ1) is 13.6. The van der Waals surface area contributed by atoms with E-state index in [0.717, 1.165) is 5.69 Å². The third-order valence-electron chi connectivity index (χ3n) is 2.96. The molecule has 0 unspecified atom stereocenters. The molecule has 0 aliphatic carbocycles. The summed E-state index contributed by atoms with van der Waals surface area (Å²) in [5, 5.41) is 2.83. The van der Waals surface area contributed by atoms with Crippen LogP contribution in [0, 0.1) is 0 Å². The van der Waals surface area contributed by atoms with Gasteiger partial charge in [-0.1, -0.05) is 36.4 Å². The summed E-state index contributed by atoms with van der Waals surface area (Å²) in [5.74, 6) is -2.88. The summed E-state index contributed by atoms with van der Waals surface area (Å²) >= 11 is 0. The maximum atomic E-state index is 13.9. The van der Waals surface area contributed by atoms with Crippen molar-refractivity contribution in [1.29, 1.82) is 0 Å². The smallest absolute Gasteiger partial charge is 0.285 e. The SMILES string of the molecule is C[C@@H](NCC(F)(F)c1ccccc1)c1ccccn1. The van der Waals surface area contributed by atoms with Gasteiger partial charge < -0.3 is 5.32 Å². The van der Waals surface area contributed by atoms with Gasteiger partial charge in [0.05, 0.1) is 12.2 Å². The quantitative estimate of drug-likeness (QED) is 0.891. The lowest BCUT2D eigenvalue weighted by Crippen LogP contribution is -2.32. The van der Waals surface area contributed by atoms with Crippen molar-refractivity contribution >= 4 is 0 Å². The van der Waals surface area contributed by atoms with E-state index >= 15 is 0 Å². The lowest BCUT2D eigenvalue weighted by atomic mass is 10.1. The van der Waals surface area contributed by atoms with Crippen LogP contribution in [-0.4, -0.2) is 11.5 Å². The maximum absolute atomic E-state index is 13.9. The minimum absolute atomic E-state index is 0.0238. The highest BCUT2D eigenvalue weighted by Crippen LogP contribution is 2.27. The zero-order valence-corrected chi connectivity index (χ0v) is 10.7. The normalized spacial score (nSPS) is 13.2. The van der Waals surface area contributed by atoms with Gasteiger partial charge in [0.15, 0.2) is 0 Å². The Kier molecular flexibility index (Phi) is 4.22. The fourth-order valence-corrected chi connectivity index (χ4v) is 1.80. The van der Waals surface area contributed by atoms with Crippen LogP contribution in [0.15, 0.2) is 54.7 Å². The Hall–Kier alpha value is -1.81. The van der Waals surface area contributed by atoms with E-state index in [-0.39, 0.29) is 11.6 Å². The molecule has 2 aromatic rings. The number of pyridine rings is 1. The van der Waals surface area contributed by atoms with Gasteiger partial charge in [-0.3, -0.25) is 4.98 Å². The summed E-state index contributed by atoms with van der Waals surface area (Å²) < 4.78 is 27.9. The predicted octanol–water partition coefficient (Wildman–Crippen LogP) is 3.52. The molecule has 0 saturated heterocycles. The van der Waals surface area contributed by atoms with Crippen molar-refractivity contribution in [1.82, 2.24) is 10.3 Å². The first-order valence-corrected chi connectivity index (χ1v) is 6.17. The van der Waals surface area contributed by atoms with E-state index in [1.165, 1.54) is 12.1 Å². The summed E-state index contributed by atoms with van der Waals surface area (Å²) in [4.78, 5) is 4.14. The summed E-state index contributed by atoms with van der Waals surface area (Å²) in [6.07, 6.45) is 1.66. The molecule has 19 heavy (non-hydrogen) atoms. The van der Waals surface area contributed by atoms with Gasteiger partial charge in [-0.2, -0.15) is 8.78 Å². The minimum atomic E-state index is -2.88. The van der Waals surface area contributed by atoms with Gasteiger partial charge >= 0.3 is 0 Å². The van der Waals surface area contributed by atoms with Crippen molar-refractivity contribution in [2.45, 2.75) is 18.9 Å². The minimum Gasteiger partial charge on any atom is -0.303 e. The Bertz CT molecular complexity index is 500. The van der Waals surface area contributed by atoms with Crippen LogP contribution in [0.3, 0.4) is 0 Å². The fraction of sp³-hybridized carbons (Fsp3) is 0.267. The zero-order chi connectivity index (χ0) is 13.7. The van der Waals surface area contributed by atoms with Crippen molar-refractivity contribution in [2.75, 3.05) is 6.54 Å². The number of halogens is 2. The fourth-order valence-electron chi connectivity index (χ4n) is 1.80. The molecule has 100 valence electrons. The number of rotatable bonds is 5. The Balaban J connectivity index is 1.99. The molecule has 2 rings (SSSR count). The van der Waals surface area contributed by atoms with Crippen LogP contribution >= 0.6 is 0 Å². The van der Waals surface area contributed by atoms with E-state index in [4.69, 9.17) is 0 Å². The monoisotopic (exact) mass is 262 g/mol. The molecule has 0 saturated carbocycles. The molecule has 1 atom stereocenters. The third kappa shape index (κ3) is 3.58. The van der Waals surface area contributed by atoms with E-state index < -0.39 is 12.5 Å². The van der Waals surface area contributed by atoms with E-state index in [2.05, 4.69) is 10.3 Å². The molecule has 0 aliphatic rings. The molecule has 1 heterocycles. The number of nitrogens with zero attached hydrogens (tertiary/aromatic N) is 1. The van der Waals surface area contributed by atoms with Crippen LogP contribution < -0.4 is 5.32 Å². The highest BCUT2D eigenvalue weighted by Gasteiger charge is 2.31.